The fourth-order valence-corrected chi connectivity index (χ4v) is 0. The maximum atomic E-state index is 7.75. The van der Waals surface area contributed by atoms with Gasteiger partial charge in [-0.05, 0) is 0 Å². The Labute approximate surface area is 86.9 Å². The smallest absolute Gasteiger partial charge is 0 e. The van der Waals surface area contributed by atoms with Crippen LogP contribution in [-0.2, 0) is 45.5 Å². The summed E-state index contributed by atoms with van der Waals surface area (Å²) in [4.78, 5) is 46.5. The first-order valence-electron chi connectivity index (χ1n) is 1.41. The predicted octanol–water partition coefficient (Wildman–Crippen LogP) is -1.65. The molecule has 0 rings (SSSR count). The minimum absolute atomic E-state index is 0. The first kappa shape index (κ1) is 62.3. The molecule has 0 aliphatic carbocycles. The van der Waals surface area contributed by atoms with Crippen molar-refractivity contribution in [1.82, 2.24) is 0 Å². The van der Waals surface area contributed by atoms with Crippen molar-refractivity contribution in [2.45, 2.75) is 0 Å². The van der Waals surface area contributed by atoms with Crippen molar-refractivity contribution in [3.63, 3.8) is 0 Å². The van der Waals surface area contributed by atoms with Gasteiger partial charge < -0.3 is 28.8 Å². The first-order valence-corrected chi connectivity index (χ1v) is 1.41. The van der Waals surface area contributed by atoms with Crippen LogP contribution in [0.1, 0.15) is 0 Å². The van der Waals surface area contributed by atoms with Crippen molar-refractivity contribution in [3.8, 4) is 0 Å². The Bertz CT molecular complexity index is 32.6. The van der Waals surface area contributed by atoms with Gasteiger partial charge in [0.05, 0.1) is 0 Å². The van der Waals surface area contributed by atoms with Gasteiger partial charge in [-0.3, -0.25) is 40.7 Å². The van der Waals surface area contributed by atoms with Crippen LogP contribution < -0.4 is 0 Å². The Kier molecular flexibility index (Phi) is 2110. The van der Waals surface area contributed by atoms with Crippen LogP contribution in [0.15, 0.2) is 0 Å². The molecule has 13 heavy (non-hydrogen) atoms. The molecule has 6 nitrogen and oxygen atoms in total. The van der Waals surface area contributed by atoms with Crippen molar-refractivity contribution < 1.29 is 45.5 Å². The SMILES string of the molecule is [CH-]=O.[CH-]=O.[CH-]=O.[CH-]=O.[CH-]=O.[CH-]=O.[Co]. The second-order valence-corrected chi connectivity index (χ2v) is 0. The van der Waals surface area contributed by atoms with Gasteiger partial charge in [-0.25, -0.2) is 0 Å². The summed E-state index contributed by atoms with van der Waals surface area (Å²) in [5.74, 6) is 0. The third-order valence-corrected chi connectivity index (χ3v) is 0. The molecule has 0 saturated heterocycles. The van der Waals surface area contributed by atoms with E-state index in [1.165, 1.54) is 0 Å². The Balaban J connectivity index is -0.00000000655. The zero-order chi connectivity index (χ0) is 12.0. The Morgan fingerprint density at radius 1 is 0.308 bits per heavy atom. The largest absolute Gasteiger partial charge is 0.545 e. The quantitative estimate of drug-likeness (QED) is 0.367. The molecule has 7 heteroatoms. The zero-order valence-electron chi connectivity index (χ0n) is 6.25. The van der Waals surface area contributed by atoms with Crippen molar-refractivity contribution in [2.24, 2.45) is 0 Å². The van der Waals surface area contributed by atoms with Gasteiger partial charge >= 0.3 is 0 Å². The molecule has 0 N–H and O–H groups in total. The van der Waals surface area contributed by atoms with E-state index in [-0.39, 0.29) is 16.8 Å². The molecule has 0 aromatic carbocycles. The van der Waals surface area contributed by atoms with E-state index in [9.17, 15) is 0 Å². The van der Waals surface area contributed by atoms with Crippen molar-refractivity contribution in [3.05, 3.63) is 0 Å². The summed E-state index contributed by atoms with van der Waals surface area (Å²) in [6, 6.07) is 0. The molecule has 1 radical (unpaired) electrons. The first-order chi connectivity index (χ1) is 6.00. The molecule has 0 aliphatic rings. The normalized spacial score (nSPS) is 1.85. The number of hydrogen-bond donors (Lipinski definition) is 0. The molecule has 0 amide bonds. The van der Waals surface area contributed by atoms with Gasteiger partial charge in [0.1, 0.15) is 0 Å². The minimum Gasteiger partial charge on any atom is -0.545 e. The van der Waals surface area contributed by atoms with Crippen LogP contribution in [0.25, 0.3) is 0 Å². The van der Waals surface area contributed by atoms with Crippen LogP contribution in [-0.4, -0.2) is 40.7 Å². The van der Waals surface area contributed by atoms with Gasteiger partial charge in [0.25, 0.3) is 0 Å². The number of rotatable bonds is 0. The van der Waals surface area contributed by atoms with E-state index < -0.39 is 0 Å². The molecule has 0 aromatic rings. The molecular formula is C6H6CoO6-6. The van der Waals surface area contributed by atoms with Crippen LogP contribution in [0.4, 0.5) is 0 Å². The molecule has 0 spiro atoms. The van der Waals surface area contributed by atoms with E-state index in [2.05, 4.69) is 40.7 Å². The fourth-order valence-electron chi connectivity index (χ4n) is 0. The van der Waals surface area contributed by atoms with Gasteiger partial charge in [-0.2, -0.15) is 0 Å². The van der Waals surface area contributed by atoms with E-state index >= 15 is 0 Å². The Hall–Kier alpha value is -1.47. The second-order valence-electron chi connectivity index (χ2n) is 0. The van der Waals surface area contributed by atoms with E-state index in [4.69, 9.17) is 28.8 Å². The summed E-state index contributed by atoms with van der Waals surface area (Å²) >= 11 is 0. The second kappa shape index (κ2) is 440. The van der Waals surface area contributed by atoms with Crippen molar-refractivity contribution >= 4 is 40.7 Å². The Morgan fingerprint density at radius 3 is 0.308 bits per heavy atom. The number of hydrogen-bond acceptors (Lipinski definition) is 6. The monoisotopic (exact) mass is 233 g/mol. The third-order valence-electron chi connectivity index (χ3n) is 0. The predicted molar refractivity (Wildman–Crippen MR) is 40.5 cm³/mol. The van der Waals surface area contributed by atoms with Crippen LogP contribution >= 0.6 is 0 Å². The molecule has 0 aromatic heterocycles. The molecule has 0 saturated carbocycles. The van der Waals surface area contributed by atoms with E-state index in [1.807, 2.05) is 0 Å². The van der Waals surface area contributed by atoms with Crippen LogP contribution in [0.5, 0.6) is 0 Å². The molecule has 0 heterocycles. The fraction of sp³-hybridized carbons (Fsp3) is 0. The zero-order valence-corrected chi connectivity index (χ0v) is 7.29. The van der Waals surface area contributed by atoms with Crippen LogP contribution in [0, 0.1) is 0 Å². The molecule has 0 bridgehead atoms. The summed E-state index contributed by atoms with van der Waals surface area (Å²) in [6.45, 7) is 19.5. The summed E-state index contributed by atoms with van der Waals surface area (Å²) in [5.41, 5.74) is 0. The summed E-state index contributed by atoms with van der Waals surface area (Å²) in [7, 11) is 0. The average molecular weight is 233 g/mol. The van der Waals surface area contributed by atoms with Gasteiger partial charge in [0, 0.05) is 16.8 Å². The van der Waals surface area contributed by atoms with Gasteiger partial charge in [-0.15, -0.1) is 0 Å². The van der Waals surface area contributed by atoms with Gasteiger partial charge in [0.2, 0.25) is 0 Å². The summed E-state index contributed by atoms with van der Waals surface area (Å²) in [5, 5.41) is 0. The van der Waals surface area contributed by atoms with E-state index in [1.54, 1.807) is 0 Å². The molecule has 0 fully saturated rings. The molecule has 0 unspecified atom stereocenters. The van der Waals surface area contributed by atoms with Crippen LogP contribution in [0.2, 0.25) is 0 Å². The molecule has 0 aliphatic heterocycles. The average Bonchev–Trinajstić information content (AvgIpc) is 2.33. The molecular weight excluding hydrogens is 227 g/mol. The summed E-state index contributed by atoms with van der Waals surface area (Å²) < 4.78 is 0. The standard InChI is InChI=1S/6CHO.Co/c6*1-2;/h6*1H;/q6*-1;. The topological polar surface area (TPSA) is 102 Å². The van der Waals surface area contributed by atoms with E-state index in [0.29, 0.717) is 0 Å². The Morgan fingerprint density at radius 2 is 0.308 bits per heavy atom. The summed E-state index contributed by atoms with van der Waals surface area (Å²) in [6.07, 6.45) is 0. The third kappa shape index (κ3) is 352. The van der Waals surface area contributed by atoms with Gasteiger partial charge in [0.15, 0.2) is 0 Å². The maximum absolute atomic E-state index is 7.75. The number of carbonyl (C=O) groups excluding carboxylic acids is 6. The minimum atomic E-state index is 0. The van der Waals surface area contributed by atoms with Crippen LogP contribution in [0.3, 0.4) is 0 Å². The van der Waals surface area contributed by atoms with Gasteiger partial charge in [-0.1, -0.05) is 0 Å². The maximum Gasteiger partial charge on any atom is 0 e. The van der Waals surface area contributed by atoms with E-state index in [0.717, 1.165) is 0 Å². The molecule has 81 valence electrons. The van der Waals surface area contributed by atoms with Crippen molar-refractivity contribution in [1.29, 1.82) is 0 Å². The molecule has 0 atom stereocenters. The van der Waals surface area contributed by atoms with Crippen molar-refractivity contribution in [2.75, 3.05) is 0 Å².